The topological polar surface area (TPSA) is 121 Å². The van der Waals surface area contributed by atoms with Crippen LogP contribution in [0, 0.1) is 5.92 Å². The van der Waals surface area contributed by atoms with E-state index in [0.29, 0.717) is 49.4 Å². The van der Waals surface area contributed by atoms with E-state index < -0.39 is 9.84 Å². The number of anilines is 4. The van der Waals surface area contributed by atoms with Crippen LogP contribution in [0.5, 0.6) is 0 Å². The van der Waals surface area contributed by atoms with Crippen LogP contribution in [0.25, 0.3) is 10.8 Å². The fourth-order valence-electron chi connectivity index (χ4n) is 7.78. The van der Waals surface area contributed by atoms with Crippen molar-refractivity contribution < 1.29 is 17.9 Å². The Morgan fingerprint density at radius 2 is 1.96 bits per heavy atom. The molecule has 2 aromatic heterocycles. The summed E-state index contributed by atoms with van der Waals surface area (Å²) in [5.41, 5.74) is 2.10. The predicted octanol–water partition coefficient (Wildman–Crippen LogP) is 4.64. The number of nitrogens with one attached hydrogen (secondary N) is 1. The fraction of sp³-hybridized carbons (Fsp3) is 0.529. The van der Waals surface area contributed by atoms with E-state index in [4.69, 9.17) is 14.7 Å². The third-order valence-electron chi connectivity index (χ3n) is 10.3. The summed E-state index contributed by atoms with van der Waals surface area (Å²) in [4.78, 5) is 33.8. The van der Waals surface area contributed by atoms with Gasteiger partial charge in [0.15, 0.2) is 0 Å². The Kier molecular flexibility index (Phi) is 8.35. The molecular weight excluding hydrogens is 602 g/mol. The highest BCUT2D eigenvalue weighted by Gasteiger charge is 2.39. The maximum Gasteiger partial charge on any atom is 0.246 e. The van der Waals surface area contributed by atoms with Crippen molar-refractivity contribution in [2.24, 2.45) is 5.92 Å². The summed E-state index contributed by atoms with van der Waals surface area (Å²) in [5.74, 6) is 2.21. The van der Waals surface area contributed by atoms with Crippen molar-refractivity contribution in [2.45, 2.75) is 69.7 Å². The number of fused-ring (bicyclic) bond motifs is 3. The lowest BCUT2D eigenvalue weighted by Gasteiger charge is -2.48. The number of rotatable bonds is 8. The van der Waals surface area contributed by atoms with Crippen molar-refractivity contribution in [3.8, 4) is 0 Å². The second kappa shape index (κ2) is 12.4. The number of hydrogen-bond donors (Lipinski definition) is 1. The van der Waals surface area contributed by atoms with Gasteiger partial charge < -0.3 is 24.8 Å². The van der Waals surface area contributed by atoms with Gasteiger partial charge in [-0.3, -0.25) is 4.79 Å². The van der Waals surface area contributed by atoms with Crippen LogP contribution in [-0.2, 0) is 19.4 Å². The largest absolute Gasteiger partial charge is 0.376 e. The van der Waals surface area contributed by atoms with Gasteiger partial charge in [-0.1, -0.05) is 25.5 Å². The van der Waals surface area contributed by atoms with E-state index in [9.17, 15) is 13.2 Å². The minimum atomic E-state index is -3.07. The van der Waals surface area contributed by atoms with Crippen LogP contribution in [0.15, 0.2) is 49.3 Å². The molecule has 11 nitrogen and oxygen atoms in total. The average molecular weight is 646 g/mol. The number of carbonyl (C=O) groups is 1. The number of carbonyl (C=O) groups excluding carboxylic acids is 1. The minimum Gasteiger partial charge on any atom is -0.376 e. The van der Waals surface area contributed by atoms with Gasteiger partial charge in [-0.25, -0.2) is 18.4 Å². The SMILES string of the molecule is C=CC(=O)N1CCCCC[C@@H]1c1ccc(N2C[C@H](CS(C)(=O)=O)[C@H]2C)c2cnc(Nc3ccnc(N4CC[C@H]5C[C@@H]4CO5)n3)cc12. The van der Waals surface area contributed by atoms with E-state index in [-0.39, 0.29) is 29.7 Å². The van der Waals surface area contributed by atoms with E-state index in [1.165, 1.54) is 12.3 Å². The first-order valence-electron chi connectivity index (χ1n) is 16.5. The summed E-state index contributed by atoms with van der Waals surface area (Å²) in [5, 5.41) is 5.43. The first kappa shape index (κ1) is 30.9. The zero-order valence-electron chi connectivity index (χ0n) is 26.6. The Morgan fingerprint density at radius 3 is 2.76 bits per heavy atom. The minimum absolute atomic E-state index is 0.0540. The zero-order valence-corrected chi connectivity index (χ0v) is 27.5. The molecule has 3 aromatic rings. The third kappa shape index (κ3) is 6.04. The quantitative estimate of drug-likeness (QED) is 0.347. The molecule has 0 aliphatic carbocycles. The van der Waals surface area contributed by atoms with Gasteiger partial charge in [0.2, 0.25) is 11.9 Å². The lowest BCUT2D eigenvalue weighted by Crippen LogP contribution is -2.57. The molecule has 4 fully saturated rings. The van der Waals surface area contributed by atoms with E-state index in [0.717, 1.165) is 67.1 Å². The maximum atomic E-state index is 13.1. The first-order chi connectivity index (χ1) is 22.2. The molecule has 7 rings (SSSR count). The van der Waals surface area contributed by atoms with Gasteiger partial charge in [0.1, 0.15) is 21.5 Å². The molecule has 2 bridgehead atoms. The summed E-state index contributed by atoms with van der Waals surface area (Å²) < 4.78 is 30.0. The highest BCUT2D eigenvalue weighted by atomic mass is 32.2. The van der Waals surface area contributed by atoms with E-state index >= 15 is 0 Å². The molecule has 6 heterocycles. The van der Waals surface area contributed by atoms with Crippen LogP contribution < -0.4 is 15.1 Å². The van der Waals surface area contributed by atoms with E-state index in [1.54, 1.807) is 6.20 Å². The molecule has 46 heavy (non-hydrogen) atoms. The molecule has 0 radical (unpaired) electrons. The molecule has 244 valence electrons. The van der Waals surface area contributed by atoms with Crippen LogP contribution in [0.4, 0.5) is 23.3 Å². The normalized spacial score (nSPS) is 26.5. The molecular formula is C34H43N7O4S. The van der Waals surface area contributed by atoms with Gasteiger partial charge in [0.25, 0.3) is 0 Å². The number of piperidine rings is 1. The molecule has 4 aliphatic heterocycles. The molecule has 0 saturated carbocycles. The number of nitrogens with zero attached hydrogens (tertiary/aromatic N) is 6. The number of aromatic nitrogens is 3. The molecule has 12 heteroatoms. The van der Waals surface area contributed by atoms with Crippen molar-refractivity contribution in [2.75, 3.05) is 53.4 Å². The second-order valence-electron chi connectivity index (χ2n) is 13.3. The van der Waals surface area contributed by atoms with Crippen molar-refractivity contribution in [3.05, 3.63) is 54.9 Å². The van der Waals surface area contributed by atoms with Crippen LogP contribution in [0.2, 0.25) is 0 Å². The molecule has 1 aromatic carbocycles. The number of sulfone groups is 1. The molecule has 5 atom stereocenters. The van der Waals surface area contributed by atoms with Crippen LogP contribution in [-0.4, -0.2) is 90.6 Å². The third-order valence-corrected chi connectivity index (χ3v) is 11.3. The number of benzene rings is 1. The summed E-state index contributed by atoms with van der Waals surface area (Å²) in [6.45, 7) is 8.82. The molecule has 1 amide bonds. The summed E-state index contributed by atoms with van der Waals surface area (Å²) >= 11 is 0. The van der Waals surface area contributed by atoms with Gasteiger partial charge in [-0.2, -0.15) is 4.98 Å². The standard InChI is InChI=1S/C34H43N7O4S/c1-4-33(42)40-14-7-5-6-8-29(40)26-9-10-30(41-19-23(22(41)2)21-46(3,43)44)28-18-36-32(17-27(26)28)37-31-11-13-35-34(38-31)39-15-12-25-16-24(39)20-45-25/h4,9-11,13,17-18,22-25,29H,1,5-8,12,14-16,19-21H2,2-3H3,(H,35,36,37,38)/t22-,23-,24-,25+,29-/m1/s1. The number of pyridine rings is 1. The van der Waals surface area contributed by atoms with Gasteiger partial charge in [0, 0.05) is 61.3 Å². The fourth-order valence-corrected chi connectivity index (χ4v) is 8.94. The van der Waals surface area contributed by atoms with Gasteiger partial charge in [0.05, 0.1) is 30.5 Å². The van der Waals surface area contributed by atoms with Crippen molar-refractivity contribution in [3.63, 3.8) is 0 Å². The summed E-state index contributed by atoms with van der Waals surface area (Å²) in [7, 11) is -3.07. The monoisotopic (exact) mass is 645 g/mol. The van der Waals surface area contributed by atoms with Crippen molar-refractivity contribution in [1.82, 2.24) is 19.9 Å². The van der Waals surface area contributed by atoms with E-state index in [1.807, 2.05) is 17.2 Å². The highest BCUT2D eigenvalue weighted by molar-refractivity contribution is 7.90. The molecule has 0 spiro atoms. The van der Waals surface area contributed by atoms with E-state index in [2.05, 4.69) is 51.8 Å². The zero-order chi connectivity index (χ0) is 32.0. The molecule has 4 aliphatic rings. The molecule has 1 N–H and O–H groups in total. The lowest BCUT2D eigenvalue weighted by molar-refractivity contribution is -0.128. The lowest BCUT2D eigenvalue weighted by atomic mass is 9.88. The smallest absolute Gasteiger partial charge is 0.246 e. The van der Waals surface area contributed by atoms with Crippen LogP contribution in [0.1, 0.15) is 57.1 Å². The Morgan fingerprint density at radius 1 is 1.09 bits per heavy atom. The Balaban J connectivity index is 1.25. The van der Waals surface area contributed by atoms with Gasteiger partial charge in [-0.15, -0.1) is 0 Å². The predicted molar refractivity (Wildman–Crippen MR) is 180 cm³/mol. The average Bonchev–Trinajstić information content (AvgIpc) is 3.24. The van der Waals surface area contributed by atoms with Crippen molar-refractivity contribution >= 4 is 49.8 Å². The number of amides is 1. The summed E-state index contributed by atoms with van der Waals surface area (Å²) in [6.07, 6.45) is 12.7. The number of hydrogen-bond acceptors (Lipinski definition) is 10. The molecule has 4 saturated heterocycles. The Labute approximate surface area is 271 Å². The summed E-state index contributed by atoms with van der Waals surface area (Å²) in [6, 6.07) is 8.47. The Hall–Kier alpha value is -3.77. The van der Waals surface area contributed by atoms with Gasteiger partial charge >= 0.3 is 0 Å². The van der Waals surface area contributed by atoms with Crippen molar-refractivity contribution in [1.29, 1.82) is 0 Å². The Bertz CT molecular complexity index is 1750. The van der Waals surface area contributed by atoms with Crippen LogP contribution in [0.3, 0.4) is 0 Å². The van der Waals surface area contributed by atoms with Gasteiger partial charge in [-0.05, 0) is 67.8 Å². The number of likely N-dealkylation sites (tertiary alicyclic amines) is 1. The van der Waals surface area contributed by atoms with Crippen LogP contribution >= 0.6 is 0 Å². The first-order valence-corrected chi connectivity index (χ1v) is 18.5. The highest BCUT2D eigenvalue weighted by Crippen LogP contribution is 2.42. The maximum absolute atomic E-state index is 13.1. The number of ether oxygens (including phenoxy) is 1. The second-order valence-corrected chi connectivity index (χ2v) is 15.5. The molecule has 0 unspecified atom stereocenters.